The fourth-order valence-corrected chi connectivity index (χ4v) is 0.959. The Balaban J connectivity index is 0.000000459. The van der Waals surface area contributed by atoms with Gasteiger partial charge in [-0.15, -0.1) is 0 Å². The van der Waals surface area contributed by atoms with E-state index in [9.17, 15) is 17.8 Å². The van der Waals surface area contributed by atoms with E-state index in [4.69, 9.17) is 0 Å². The normalized spacial score (nSPS) is 11.2. The first-order valence-electron chi connectivity index (χ1n) is 5.25. The van der Waals surface area contributed by atoms with Gasteiger partial charge in [-0.3, -0.25) is 8.98 Å². The maximum Gasteiger partial charge on any atom is 0.295 e. The largest absolute Gasteiger partial charge is 0.726 e. The highest BCUT2D eigenvalue weighted by atomic mass is 32.3. The number of hydrogen-bond acceptors (Lipinski definition) is 5. The smallest absolute Gasteiger partial charge is 0.295 e. The van der Waals surface area contributed by atoms with E-state index in [-0.39, 0.29) is 5.91 Å². The molecule has 0 aromatic heterocycles. The molecule has 0 unspecified atom stereocenters. The van der Waals surface area contributed by atoms with Crippen molar-refractivity contribution in [3.05, 3.63) is 35.9 Å². The van der Waals surface area contributed by atoms with E-state index in [1.807, 2.05) is 39.3 Å². The number of carbonyl (C=O) groups excluding carboxylic acids is 1. The lowest BCUT2D eigenvalue weighted by molar-refractivity contribution is -0.905. The molecule has 1 rings (SSSR count). The van der Waals surface area contributed by atoms with Gasteiger partial charge in [-0.25, -0.2) is 13.0 Å². The first-order chi connectivity index (χ1) is 8.55. The highest BCUT2D eigenvalue weighted by Crippen LogP contribution is 1.98. The van der Waals surface area contributed by atoms with Crippen molar-refractivity contribution in [1.82, 2.24) is 5.43 Å². The summed E-state index contributed by atoms with van der Waals surface area (Å²) in [5.74, 6) is -0.0481. The molecule has 1 N–H and O–H groups in total. The van der Waals surface area contributed by atoms with Crippen LogP contribution in [0.1, 0.15) is 10.4 Å². The van der Waals surface area contributed by atoms with Crippen molar-refractivity contribution in [3.63, 3.8) is 0 Å². The fourth-order valence-electron chi connectivity index (χ4n) is 0.959. The molecule has 0 atom stereocenters. The maximum atomic E-state index is 11.5. The molecule has 0 fully saturated rings. The van der Waals surface area contributed by atoms with E-state index < -0.39 is 10.4 Å². The topological polar surface area (TPSA) is 95.5 Å². The second-order valence-electron chi connectivity index (χ2n) is 4.39. The Morgan fingerprint density at radius 1 is 1.21 bits per heavy atom. The zero-order chi connectivity index (χ0) is 15.1. The molecule has 0 saturated heterocycles. The number of nitrogens with one attached hydrogen (secondary N) is 1. The molecule has 108 valence electrons. The third-order valence-corrected chi connectivity index (χ3v) is 2.09. The maximum absolute atomic E-state index is 11.5. The van der Waals surface area contributed by atoms with Gasteiger partial charge in [0.1, 0.15) is 0 Å². The van der Waals surface area contributed by atoms with Gasteiger partial charge in [0.25, 0.3) is 5.91 Å². The SMILES string of the molecule is COS(=O)(=O)[O-].C[N+](C)(C)NC(=O)c1ccccc1. The molecule has 0 heterocycles. The Hall–Kier alpha value is -1.48. The number of quaternary nitrogens is 1. The lowest BCUT2D eigenvalue weighted by Crippen LogP contribution is -2.51. The van der Waals surface area contributed by atoms with Crippen LogP contribution in [0.5, 0.6) is 0 Å². The van der Waals surface area contributed by atoms with Gasteiger partial charge in [0.05, 0.1) is 28.3 Å². The first-order valence-corrected chi connectivity index (χ1v) is 6.59. The van der Waals surface area contributed by atoms with E-state index >= 15 is 0 Å². The first kappa shape index (κ1) is 17.5. The van der Waals surface area contributed by atoms with Crippen molar-refractivity contribution in [2.24, 2.45) is 0 Å². The molecule has 0 radical (unpaired) electrons. The molecule has 19 heavy (non-hydrogen) atoms. The van der Waals surface area contributed by atoms with Crippen LogP contribution in [-0.4, -0.2) is 51.7 Å². The van der Waals surface area contributed by atoms with Gasteiger partial charge in [-0.1, -0.05) is 18.2 Å². The Kier molecular flexibility index (Phi) is 6.63. The summed E-state index contributed by atoms with van der Waals surface area (Å²) < 4.78 is 31.4. The average Bonchev–Trinajstić information content (AvgIpc) is 2.28. The number of rotatable bonds is 3. The molecule has 0 spiro atoms. The zero-order valence-electron chi connectivity index (χ0n) is 11.3. The van der Waals surface area contributed by atoms with E-state index in [0.717, 1.165) is 7.11 Å². The van der Waals surface area contributed by atoms with Crippen LogP contribution in [0.4, 0.5) is 0 Å². The second kappa shape index (κ2) is 7.19. The summed E-state index contributed by atoms with van der Waals surface area (Å²) in [6.07, 6.45) is 0. The van der Waals surface area contributed by atoms with Crippen molar-refractivity contribution >= 4 is 16.3 Å². The predicted molar refractivity (Wildman–Crippen MR) is 68.6 cm³/mol. The van der Waals surface area contributed by atoms with Gasteiger partial charge >= 0.3 is 0 Å². The molecule has 0 saturated carbocycles. The number of amides is 1. The average molecular weight is 290 g/mol. The van der Waals surface area contributed by atoms with Gasteiger partial charge in [0.2, 0.25) is 10.4 Å². The van der Waals surface area contributed by atoms with Gasteiger partial charge in [0.15, 0.2) is 0 Å². The standard InChI is InChI=1S/C10H14N2O.CH4O4S/c1-12(2,3)11-10(13)9-7-5-4-6-8-9;1-5-6(2,3)4/h4-8H,1-3H3;1H3,(H,2,3,4). The van der Waals surface area contributed by atoms with Crippen molar-refractivity contribution in [1.29, 1.82) is 0 Å². The molecular formula is C11H18N2O5S. The lowest BCUT2D eigenvalue weighted by Gasteiger charge is -2.23. The van der Waals surface area contributed by atoms with Gasteiger partial charge in [-0.05, 0) is 12.1 Å². The summed E-state index contributed by atoms with van der Waals surface area (Å²) in [5.41, 5.74) is 3.52. The van der Waals surface area contributed by atoms with Gasteiger partial charge in [0, 0.05) is 5.56 Å². The molecule has 7 nitrogen and oxygen atoms in total. The van der Waals surface area contributed by atoms with E-state index in [0.29, 0.717) is 10.2 Å². The number of carbonyl (C=O) groups is 1. The van der Waals surface area contributed by atoms with Gasteiger partial charge < -0.3 is 4.55 Å². The molecular weight excluding hydrogens is 272 g/mol. The van der Waals surface area contributed by atoms with Crippen LogP contribution >= 0.6 is 0 Å². The molecule has 0 aliphatic carbocycles. The fraction of sp³-hybridized carbons (Fsp3) is 0.364. The molecule has 0 aliphatic rings. The van der Waals surface area contributed by atoms with Crippen LogP contribution in [0.2, 0.25) is 0 Å². The van der Waals surface area contributed by atoms with Crippen molar-refractivity contribution in [2.45, 2.75) is 0 Å². The molecule has 8 heteroatoms. The number of benzene rings is 1. The van der Waals surface area contributed by atoms with Gasteiger partial charge in [-0.2, -0.15) is 5.43 Å². The quantitative estimate of drug-likeness (QED) is 0.369. The molecule has 1 amide bonds. The Morgan fingerprint density at radius 2 is 1.63 bits per heavy atom. The molecule has 0 bridgehead atoms. The molecule has 1 aromatic carbocycles. The third-order valence-electron chi connectivity index (χ3n) is 1.68. The monoisotopic (exact) mass is 290 g/mol. The van der Waals surface area contributed by atoms with Crippen LogP contribution < -0.4 is 5.43 Å². The number of hydrogen-bond donors (Lipinski definition) is 1. The minimum Gasteiger partial charge on any atom is -0.726 e. The highest BCUT2D eigenvalue weighted by Gasteiger charge is 2.13. The third kappa shape index (κ3) is 10.2. The zero-order valence-corrected chi connectivity index (χ0v) is 12.1. The molecule has 1 aromatic rings. The summed E-state index contributed by atoms with van der Waals surface area (Å²) >= 11 is 0. The summed E-state index contributed by atoms with van der Waals surface area (Å²) in [6, 6.07) is 9.19. The van der Waals surface area contributed by atoms with Crippen molar-refractivity contribution in [3.8, 4) is 0 Å². The van der Waals surface area contributed by atoms with Crippen molar-refractivity contribution in [2.75, 3.05) is 28.3 Å². The second-order valence-corrected chi connectivity index (χ2v) is 5.54. The lowest BCUT2D eigenvalue weighted by atomic mass is 10.2. The Morgan fingerprint density at radius 3 is 1.95 bits per heavy atom. The summed E-state index contributed by atoms with van der Waals surface area (Å²) in [5, 5.41) is 0. The summed E-state index contributed by atoms with van der Waals surface area (Å²) in [6.45, 7) is 0. The minimum absolute atomic E-state index is 0.0481. The van der Waals surface area contributed by atoms with Crippen LogP contribution in [0.3, 0.4) is 0 Å². The van der Waals surface area contributed by atoms with Crippen LogP contribution in [0.25, 0.3) is 0 Å². The Labute approximate surface area is 113 Å². The Bertz CT molecular complexity index is 494. The predicted octanol–water partition coefficient (Wildman–Crippen LogP) is 0.131. The summed E-state index contributed by atoms with van der Waals surface area (Å²) in [7, 11) is 2.11. The minimum atomic E-state index is -4.41. The van der Waals surface area contributed by atoms with Crippen LogP contribution in [0, 0.1) is 0 Å². The van der Waals surface area contributed by atoms with E-state index in [2.05, 4.69) is 9.61 Å². The van der Waals surface area contributed by atoms with E-state index in [1.165, 1.54) is 0 Å². The summed E-state index contributed by atoms with van der Waals surface area (Å²) in [4.78, 5) is 11.5. The highest BCUT2D eigenvalue weighted by molar-refractivity contribution is 7.80. The number of nitrogens with zero attached hydrogens (tertiary/aromatic N) is 1. The van der Waals surface area contributed by atoms with Crippen LogP contribution in [-0.2, 0) is 14.6 Å². The molecule has 0 aliphatic heterocycles. The van der Waals surface area contributed by atoms with Crippen LogP contribution in [0.15, 0.2) is 30.3 Å². The van der Waals surface area contributed by atoms with Crippen molar-refractivity contribution < 1.29 is 26.5 Å². The van der Waals surface area contributed by atoms with E-state index in [1.54, 1.807) is 12.1 Å².